The molecule has 3 aromatic rings. The fourth-order valence-corrected chi connectivity index (χ4v) is 4.01. The Labute approximate surface area is 193 Å². The number of hydrogen-bond donors (Lipinski definition) is 5. The van der Waals surface area contributed by atoms with Crippen LogP contribution in [-0.4, -0.2) is 70.8 Å². The van der Waals surface area contributed by atoms with Crippen LogP contribution in [0.25, 0.3) is 11.2 Å². The van der Waals surface area contributed by atoms with E-state index in [9.17, 15) is 20.0 Å². The van der Waals surface area contributed by atoms with Gasteiger partial charge in [0.1, 0.15) is 30.7 Å². The molecule has 2 aromatic heterocycles. The molecule has 3 heterocycles. The number of hydrogen-bond acceptors (Lipinski definition) is 10. The fourth-order valence-electron chi connectivity index (χ4n) is 3.67. The predicted octanol–water partition coefficient (Wildman–Crippen LogP) is 0.642. The van der Waals surface area contributed by atoms with E-state index < -0.39 is 38.5 Å². The van der Waals surface area contributed by atoms with Crippen LogP contribution in [0.15, 0.2) is 36.7 Å². The number of fused-ring (bicyclic) bond motifs is 1. The van der Waals surface area contributed by atoms with E-state index in [-0.39, 0.29) is 24.1 Å². The molecule has 1 fully saturated rings. The fraction of sp³-hybridized carbons (Fsp3) is 0.400. The van der Waals surface area contributed by atoms with Crippen LogP contribution in [0.5, 0.6) is 0 Å². The van der Waals surface area contributed by atoms with Crippen LogP contribution >= 0.6 is 7.60 Å². The zero-order valence-corrected chi connectivity index (χ0v) is 18.9. The average molecular weight is 490 g/mol. The quantitative estimate of drug-likeness (QED) is 0.277. The summed E-state index contributed by atoms with van der Waals surface area (Å²) in [7, 11) is -4.39. The van der Waals surface area contributed by atoms with E-state index >= 15 is 0 Å². The normalized spacial score (nSPS) is 23.6. The molecule has 1 unspecified atom stereocenters. The predicted molar refractivity (Wildman–Crippen MR) is 117 cm³/mol. The van der Waals surface area contributed by atoms with Crippen LogP contribution in [0, 0.1) is 11.3 Å². The molecule has 0 radical (unpaired) electrons. The Morgan fingerprint density at radius 3 is 2.68 bits per heavy atom. The van der Waals surface area contributed by atoms with E-state index in [1.807, 2.05) is 43.3 Å². The molecular formula is C20H23N6O7P. The lowest BCUT2D eigenvalue weighted by Crippen LogP contribution is -2.33. The van der Waals surface area contributed by atoms with Crippen LogP contribution in [0.2, 0.25) is 0 Å². The number of benzene rings is 1. The lowest BCUT2D eigenvalue weighted by Gasteiger charge is -2.18. The number of ether oxygens (including phenoxy) is 2. The summed E-state index contributed by atoms with van der Waals surface area (Å²) in [6.07, 6.45) is -4.50. The van der Waals surface area contributed by atoms with Crippen molar-refractivity contribution in [3.63, 3.8) is 0 Å². The number of imidazole rings is 1. The van der Waals surface area contributed by atoms with Crippen LogP contribution in [0.3, 0.4) is 0 Å². The third kappa shape index (κ3) is 5.08. The first-order chi connectivity index (χ1) is 16.2. The number of aliphatic hydroxyl groups excluding tert-OH is 2. The van der Waals surface area contributed by atoms with Gasteiger partial charge in [-0.15, -0.1) is 0 Å². The molecule has 0 saturated carbocycles. The van der Waals surface area contributed by atoms with E-state index in [1.165, 1.54) is 10.9 Å². The van der Waals surface area contributed by atoms with E-state index in [2.05, 4.69) is 20.3 Å². The highest BCUT2D eigenvalue weighted by atomic mass is 31.2. The Bertz CT molecular complexity index is 1240. The summed E-state index contributed by atoms with van der Waals surface area (Å²) in [5.74, 6) is 0.179. The van der Waals surface area contributed by atoms with Gasteiger partial charge in [0.2, 0.25) is 5.82 Å². The second-order valence-corrected chi connectivity index (χ2v) is 9.41. The molecule has 14 heteroatoms. The van der Waals surface area contributed by atoms with Crippen molar-refractivity contribution in [3.05, 3.63) is 48.0 Å². The van der Waals surface area contributed by atoms with Crippen molar-refractivity contribution in [1.29, 1.82) is 5.26 Å². The Hall–Kier alpha value is -2.95. The van der Waals surface area contributed by atoms with Gasteiger partial charge in [-0.05, 0) is 12.5 Å². The highest BCUT2D eigenvalue weighted by molar-refractivity contribution is 7.51. The zero-order chi connectivity index (χ0) is 24.5. The molecule has 0 bridgehead atoms. The van der Waals surface area contributed by atoms with E-state index in [4.69, 9.17) is 19.3 Å². The average Bonchev–Trinajstić information content (AvgIpc) is 3.35. The first kappa shape index (κ1) is 24.2. The molecule has 34 heavy (non-hydrogen) atoms. The van der Waals surface area contributed by atoms with Crippen molar-refractivity contribution in [2.45, 2.75) is 37.5 Å². The number of nitriles is 1. The first-order valence-corrected chi connectivity index (χ1v) is 12.1. The van der Waals surface area contributed by atoms with Gasteiger partial charge in [0, 0.05) is 0 Å². The van der Waals surface area contributed by atoms with Crippen LogP contribution in [0.4, 0.5) is 5.82 Å². The molecule has 1 saturated heterocycles. The summed E-state index contributed by atoms with van der Waals surface area (Å²) in [5.41, 5.74) is 1.51. The number of anilines is 1. The number of aromatic nitrogens is 4. The van der Waals surface area contributed by atoms with Crippen LogP contribution < -0.4 is 5.32 Å². The summed E-state index contributed by atoms with van der Waals surface area (Å²) < 4.78 is 23.0. The van der Waals surface area contributed by atoms with Gasteiger partial charge in [-0.2, -0.15) is 15.2 Å². The van der Waals surface area contributed by atoms with Gasteiger partial charge in [-0.25, -0.2) is 4.98 Å². The summed E-state index contributed by atoms with van der Waals surface area (Å²) in [6, 6.07) is 11.3. The van der Waals surface area contributed by atoms with Crippen molar-refractivity contribution < 1.29 is 34.0 Å². The molecular weight excluding hydrogens is 467 g/mol. The smallest absolute Gasteiger partial charge is 0.350 e. The SMILES string of the molecule is C[C@H](Nc1nc(C#N)nc2c1ncn2[C@@H]1OC(COCP(=O)(O)O)[C@@H](O)[C@H]1O)c1ccccc1. The standard InChI is InChI=1S/C20H23N6O7P/c1-11(12-5-3-2-4-6-12)23-18-15-19(25-14(7-21)24-18)26(9-22-15)20-17(28)16(27)13(33-20)8-32-10-34(29,30)31/h2-6,9,11,13,16-17,20,27-28H,8,10H2,1H3,(H,23,24,25)(H2,29,30,31)/t11-,13?,16+,17+,20+/m0/s1. The third-order valence-electron chi connectivity index (χ3n) is 5.33. The van der Waals surface area contributed by atoms with Gasteiger partial charge in [0.15, 0.2) is 23.2 Å². The minimum atomic E-state index is -4.39. The highest BCUT2D eigenvalue weighted by Gasteiger charge is 2.44. The molecule has 4 rings (SSSR count). The molecule has 5 atom stereocenters. The Morgan fingerprint density at radius 2 is 2.00 bits per heavy atom. The van der Waals surface area contributed by atoms with Gasteiger partial charge in [-0.3, -0.25) is 9.13 Å². The summed E-state index contributed by atoms with van der Waals surface area (Å²) in [5, 5.41) is 33.6. The van der Waals surface area contributed by atoms with Crippen LogP contribution in [-0.2, 0) is 14.0 Å². The summed E-state index contributed by atoms with van der Waals surface area (Å²) in [4.78, 5) is 30.6. The van der Waals surface area contributed by atoms with Gasteiger partial charge in [0.05, 0.1) is 19.0 Å². The van der Waals surface area contributed by atoms with Crippen molar-refractivity contribution in [3.8, 4) is 6.07 Å². The van der Waals surface area contributed by atoms with Crippen molar-refractivity contribution in [2.24, 2.45) is 0 Å². The second kappa shape index (κ2) is 9.73. The topological polar surface area (TPSA) is 196 Å². The van der Waals surface area contributed by atoms with Gasteiger partial charge in [0.25, 0.3) is 0 Å². The molecule has 180 valence electrons. The van der Waals surface area contributed by atoms with Gasteiger partial charge >= 0.3 is 7.60 Å². The molecule has 1 aliphatic heterocycles. The van der Waals surface area contributed by atoms with Crippen LogP contribution in [0.1, 0.15) is 30.6 Å². The van der Waals surface area contributed by atoms with Crippen molar-refractivity contribution in [1.82, 2.24) is 19.5 Å². The molecule has 0 spiro atoms. The number of rotatable bonds is 8. The van der Waals surface area contributed by atoms with Crippen molar-refractivity contribution in [2.75, 3.05) is 18.3 Å². The third-order valence-corrected chi connectivity index (χ3v) is 5.85. The minimum Gasteiger partial charge on any atom is -0.387 e. The van der Waals surface area contributed by atoms with E-state index in [1.54, 1.807) is 0 Å². The minimum absolute atomic E-state index is 0.133. The molecule has 1 aromatic carbocycles. The molecule has 0 aliphatic carbocycles. The zero-order valence-electron chi connectivity index (χ0n) is 18.0. The Morgan fingerprint density at radius 1 is 1.26 bits per heavy atom. The maximum absolute atomic E-state index is 11.0. The first-order valence-electron chi connectivity index (χ1n) is 10.3. The number of nitrogens with one attached hydrogen (secondary N) is 1. The van der Waals surface area contributed by atoms with E-state index in [0.29, 0.717) is 11.3 Å². The summed E-state index contributed by atoms with van der Waals surface area (Å²) in [6.45, 7) is 1.57. The van der Waals surface area contributed by atoms with Gasteiger partial charge in [-0.1, -0.05) is 30.3 Å². The van der Waals surface area contributed by atoms with E-state index in [0.717, 1.165) is 5.56 Å². The second-order valence-electron chi connectivity index (χ2n) is 7.82. The largest absolute Gasteiger partial charge is 0.387 e. The van der Waals surface area contributed by atoms with Gasteiger partial charge < -0.3 is 34.8 Å². The maximum atomic E-state index is 11.0. The molecule has 1 aliphatic rings. The number of aliphatic hydroxyl groups is 2. The lowest BCUT2D eigenvalue weighted by atomic mass is 10.1. The highest BCUT2D eigenvalue weighted by Crippen LogP contribution is 2.36. The maximum Gasteiger partial charge on any atom is 0.350 e. The summed E-state index contributed by atoms with van der Waals surface area (Å²) >= 11 is 0. The Balaban J connectivity index is 1.61. The molecule has 0 amide bonds. The molecule has 5 N–H and O–H groups in total. The lowest BCUT2D eigenvalue weighted by molar-refractivity contribution is -0.0612. The monoisotopic (exact) mass is 490 g/mol. The molecule has 13 nitrogen and oxygen atoms in total. The number of nitrogens with zero attached hydrogens (tertiary/aromatic N) is 5. The van der Waals surface area contributed by atoms with Crippen molar-refractivity contribution >= 4 is 24.6 Å². The Kier molecular flexibility index (Phi) is 6.92.